The second kappa shape index (κ2) is 4.91. The Hall–Kier alpha value is -3.30. The van der Waals surface area contributed by atoms with Crippen molar-refractivity contribution in [1.82, 2.24) is 25.2 Å². The Balaban J connectivity index is 1.96. The van der Waals surface area contributed by atoms with Crippen molar-refractivity contribution < 1.29 is 14.0 Å². The van der Waals surface area contributed by atoms with Crippen molar-refractivity contribution in [2.24, 2.45) is 7.05 Å². The summed E-state index contributed by atoms with van der Waals surface area (Å²) < 4.78 is 13.8. The summed E-state index contributed by atoms with van der Waals surface area (Å²) in [5, 5.41) is 14.9. The monoisotopic (exact) mass is 304 g/mol. The van der Waals surface area contributed by atoms with Gasteiger partial charge in [0.05, 0.1) is 0 Å². The van der Waals surface area contributed by atoms with Crippen molar-refractivity contribution in [3.8, 4) is 0 Å². The number of nitrogens with zero attached hydrogens (tertiary/aromatic N) is 3. The Morgan fingerprint density at radius 2 is 2.00 bits per heavy atom. The van der Waals surface area contributed by atoms with E-state index in [4.69, 9.17) is 0 Å². The molecule has 1 aromatic carbocycles. The zero-order chi connectivity index (χ0) is 15.9. The fourth-order valence-electron chi connectivity index (χ4n) is 2.01. The Kier molecular flexibility index (Phi) is 3.05. The van der Waals surface area contributed by atoms with Crippen molar-refractivity contribution in [3.05, 3.63) is 39.8 Å². The van der Waals surface area contributed by atoms with Gasteiger partial charge in [0, 0.05) is 12.7 Å². The Labute approximate surface area is 121 Å². The first-order valence-corrected chi connectivity index (χ1v) is 6.08. The van der Waals surface area contributed by atoms with Gasteiger partial charge in [-0.3, -0.25) is 24.2 Å². The van der Waals surface area contributed by atoms with Crippen LogP contribution >= 0.6 is 0 Å². The molecule has 0 aliphatic rings. The summed E-state index contributed by atoms with van der Waals surface area (Å²) in [6, 6.07) is 2.73. The van der Waals surface area contributed by atoms with E-state index in [1.54, 1.807) is 12.1 Å². The molecule has 0 saturated carbocycles. The van der Waals surface area contributed by atoms with Crippen LogP contribution in [0.15, 0.2) is 23.0 Å². The van der Waals surface area contributed by atoms with Gasteiger partial charge in [-0.05, 0) is 18.2 Å². The van der Waals surface area contributed by atoms with Gasteiger partial charge in [-0.25, -0.2) is 0 Å². The lowest BCUT2D eigenvalue weighted by Crippen LogP contribution is -2.19. The molecule has 10 heteroatoms. The van der Waals surface area contributed by atoms with E-state index in [1.807, 2.05) is 0 Å². The number of fused-ring (bicyclic) bond motifs is 1. The van der Waals surface area contributed by atoms with Crippen LogP contribution in [-0.2, 0) is 7.05 Å². The number of rotatable bonds is 3. The number of hydrogen-bond acceptors (Lipinski definition) is 5. The first-order valence-electron chi connectivity index (χ1n) is 6.08. The first-order chi connectivity index (χ1) is 10.5. The maximum Gasteiger partial charge on any atom is 0.340 e. The number of anilines is 1. The van der Waals surface area contributed by atoms with Gasteiger partial charge in [0.1, 0.15) is 22.3 Å². The highest BCUT2D eigenvalue weighted by Gasteiger charge is 2.24. The van der Waals surface area contributed by atoms with Gasteiger partial charge < -0.3 is 5.32 Å². The van der Waals surface area contributed by atoms with Crippen LogP contribution in [0.3, 0.4) is 0 Å². The number of hydrogen-bond donors (Lipinski definition) is 3. The van der Waals surface area contributed by atoms with Gasteiger partial charge in [-0.15, -0.1) is 0 Å². The van der Waals surface area contributed by atoms with Crippen LogP contribution in [-0.4, -0.2) is 37.1 Å². The van der Waals surface area contributed by atoms with Gasteiger partial charge in [0.15, 0.2) is 0 Å². The highest BCUT2D eigenvalue weighted by molar-refractivity contribution is 6.09. The lowest BCUT2D eigenvalue weighted by molar-refractivity contribution is 0.0828. The summed E-state index contributed by atoms with van der Waals surface area (Å²) in [4.78, 5) is 34.6. The quantitative estimate of drug-likeness (QED) is 0.602. The summed E-state index contributed by atoms with van der Waals surface area (Å²) in [6.45, 7) is 0. The minimum Gasteiger partial charge on any atom is -0.321 e. The van der Waals surface area contributed by atoms with Crippen LogP contribution < -0.4 is 10.9 Å². The fourth-order valence-corrected chi connectivity index (χ4v) is 2.01. The predicted octanol–water partition coefficient (Wildman–Crippen LogP) is 0.347. The second-order valence-electron chi connectivity index (χ2n) is 4.48. The molecule has 0 radical (unpaired) electrons. The molecule has 3 aromatic rings. The summed E-state index contributed by atoms with van der Waals surface area (Å²) in [5.74, 6) is -0.818. The molecule has 3 rings (SSSR count). The molecule has 2 aromatic heterocycles. The number of amides is 1. The molecule has 0 spiro atoms. The average molecular weight is 304 g/mol. The van der Waals surface area contributed by atoms with E-state index in [9.17, 15) is 18.8 Å². The van der Waals surface area contributed by atoms with E-state index in [1.165, 1.54) is 13.1 Å². The number of carbonyl (C=O) groups excluding carboxylic acids is 2. The SMILES string of the molecule is Cn1[nH]c(C(=O)Nc2ccc3n[nH]nc3c2)c(C(=O)F)c1=O. The highest BCUT2D eigenvalue weighted by atomic mass is 19.1. The Morgan fingerprint density at radius 1 is 1.27 bits per heavy atom. The minimum absolute atomic E-state index is 0.355. The predicted molar refractivity (Wildman–Crippen MR) is 73.3 cm³/mol. The first kappa shape index (κ1) is 13.7. The van der Waals surface area contributed by atoms with Crippen LogP contribution in [0.25, 0.3) is 11.0 Å². The second-order valence-corrected chi connectivity index (χ2v) is 4.48. The smallest absolute Gasteiger partial charge is 0.321 e. The van der Waals surface area contributed by atoms with Crippen molar-refractivity contribution in [3.63, 3.8) is 0 Å². The molecule has 0 bridgehead atoms. The van der Waals surface area contributed by atoms with E-state index in [0.29, 0.717) is 16.7 Å². The molecule has 2 heterocycles. The molecule has 112 valence electrons. The topological polar surface area (TPSA) is 126 Å². The number of aromatic nitrogens is 5. The van der Waals surface area contributed by atoms with Crippen LogP contribution in [0.5, 0.6) is 0 Å². The largest absolute Gasteiger partial charge is 0.340 e. The van der Waals surface area contributed by atoms with Crippen LogP contribution in [0, 0.1) is 0 Å². The maximum atomic E-state index is 13.0. The van der Waals surface area contributed by atoms with Gasteiger partial charge in [-0.2, -0.15) is 19.8 Å². The molecule has 9 nitrogen and oxygen atoms in total. The van der Waals surface area contributed by atoms with Crippen LogP contribution in [0.4, 0.5) is 10.1 Å². The van der Waals surface area contributed by atoms with Gasteiger partial charge in [0.25, 0.3) is 11.5 Å². The Morgan fingerprint density at radius 3 is 2.73 bits per heavy atom. The molecule has 22 heavy (non-hydrogen) atoms. The van der Waals surface area contributed by atoms with Crippen molar-refractivity contribution in [1.29, 1.82) is 0 Å². The van der Waals surface area contributed by atoms with Crippen LogP contribution in [0.1, 0.15) is 20.8 Å². The molecule has 3 N–H and O–H groups in total. The molecule has 1 amide bonds. The van der Waals surface area contributed by atoms with Gasteiger partial charge >= 0.3 is 6.04 Å². The zero-order valence-electron chi connectivity index (χ0n) is 11.2. The number of aryl methyl sites for hydroxylation is 1. The Bertz CT molecular complexity index is 953. The van der Waals surface area contributed by atoms with Crippen LogP contribution in [0.2, 0.25) is 0 Å². The van der Waals surface area contributed by atoms with E-state index in [2.05, 4.69) is 25.8 Å². The normalized spacial score (nSPS) is 10.8. The summed E-state index contributed by atoms with van der Waals surface area (Å²) in [5.41, 5.74) is -0.715. The number of H-pyrrole nitrogens is 2. The molecular formula is C12H9FN6O3. The molecule has 0 aliphatic carbocycles. The summed E-state index contributed by atoms with van der Waals surface area (Å²) >= 11 is 0. The number of aromatic amines is 2. The van der Waals surface area contributed by atoms with Crippen molar-refractivity contribution in [2.75, 3.05) is 5.32 Å². The third kappa shape index (κ3) is 2.16. The third-order valence-corrected chi connectivity index (χ3v) is 3.05. The lowest BCUT2D eigenvalue weighted by atomic mass is 10.2. The van der Waals surface area contributed by atoms with Gasteiger partial charge in [0.2, 0.25) is 0 Å². The summed E-state index contributed by atoms with van der Waals surface area (Å²) in [6.07, 6.45) is 0. The van der Waals surface area contributed by atoms with E-state index in [0.717, 1.165) is 4.68 Å². The van der Waals surface area contributed by atoms with E-state index in [-0.39, 0.29) is 0 Å². The molecule has 0 saturated heterocycles. The molecule has 0 unspecified atom stereocenters. The summed E-state index contributed by atoms with van der Waals surface area (Å²) in [7, 11) is 1.27. The molecule has 0 fully saturated rings. The van der Waals surface area contributed by atoms with Gasteiger partial charge in [-0.1, -0.05) is 0 Å². The highest BCUT2D eigenvalue weighted by Crippen LogP contribution is 2.16. The number of halogens is 1. The van der Waals surface area contributed by atoms with Crippen molar-refractivity contribution >= 4 is 28.7 Å². The average Bonchev–Trinajstić information content (AvgIpc) is 3.03. The number of carbonyl (C=O) groups is 2. The zero-order valence-corrected chi connectivity index (χ0v) is 11.2. The standard InChI is InChI=1S/C12H9FN6O3/c1-19-12(22)8(10(13)20)9(17-19)11(21)14-5-2-3-6-7(4-5)16-18-15-6/h2-4,17H,1H3,(H,14,21)(H,15,16,18). The minimum atomic E-state index is -1.97. The number of nitrogens with one attached hydrogen (secondary N) is 3. The van der Waals surface area contributed by atoms with E-state index < -0.39 is 28.8 Å². The third-order valence-electron chi connectivity index (χ3n) is 3.05. The molecule has 0 atom stereocenters. The maximum absolute atomic E-state index is 13.0. The van der Waals surface area contributed by atoms with E-state index >= 15 is 0 Å². The molecular weight excluding hydrogens is 295 g/mol. The van der Waals surface area contributed by atoms with Crippen molar-refractivity contribution in [2.45, 2.75) is 0 Å². The molecule has 0 aliphatic heterocycles. The fraction of sp³-hybridized carbons (Fsp3) is 0.0833. The lowest BCUT2D eigenvalue weighted by Gasteiger charge is -2.03. The number of benzene rings is 1.